The molecule has 8 heteroatoms. The first-order valence-electron chi connectivity index (χ1n) is 8.12. The van der Waals surface area contributed by atoms with E-state index in [0.717, 1.165) is 0 Å². The van der Waals surface area contributed by atoms with E-state index in [1.807, 2.05) is 0 Å². The van der Waals surface area contributed by atoms with Crippen LogP contribution in [0.1, 0.15) is 15.9 Å². The standard InChI is InChI=1S/C19H20FN3O3S/c1-23(2)18(25)12-27-16-6-4-3-5-15(16)19(26)22-21-17(24)11-13-7-9-14(20)10-8-13/h3-10H,11-12H2,1-2H3,(H,21,24)(H,22,26). The molecule has 0 atom stereocenters. The Balaban J connectivity index is 1.92. The minimum Gasteiger partial charge on any atom is -0.348 e. The largest absolute Gasteiger partial charge is 0.348 e. The number of hydrogen-bond donors (Lipinski definition) is 2. The highest BCUT2D eigenvalue weighted by atomic mass is 32.2. The topological polar surface area (TPSA) is 78.5 Å². The molecule has 142 valence electrons. The van der Waals surface area contributed by atoms with Gasteiger partial charge in [-0.25, -0.2) is 4.39 Å². The van der Waals surface area contributed by atoms with Crippen molar-refractivity contribution in [1.82, 2.24) is 15.8 Å². The number of hydrogen-bond acceptors (Lipinski definition) is 4. The Hall–Kier alpha value is -2.87. The molecule has 0 saturated heterocycles. The zero-order chi connectivity index (χ0) is 19.8. The molecule has 0 aliphatic carbocycles. The normalized spacial score (nSPS) is 10.2. The average Bonchev–Trinajstić information content (AvgIpc) is 2.66. The summed E-state index contributed by atoms with van der Waals surface area (Å²) in [5, 5.41) is 0. The number of thioether (sulfide) groups is 1. The summed E-state index contributed by atoms with van der Waals surface area (Å²) in [7, 11) is 3.33. The van der Waals surface area contributed by atoms with Crippen LogP contribution in [0.15, 0.2) is 53.4 Å². The Kier molecular flexibility index (Phi) is 7.36. The lowest BCUT2D eigenvalue weighted by atomic mass is 10.1. The maximum absolute atomic E-state index is 12.9. The molecule has 0 unspecified atom stereocenters. The van der Waals surface area contributed by atoms with Gasteiger partial charge in [-0.3, -0.25) is 25.2 Å². The van der Waals surface area contributed by atoms with Crippen LogP contribution in [0.2, 0.25) is 0 Å². The van der Waals surface area contributed by atoms with Gasteiger partial charge in [-0.05, 0) is 29.8 Å². The van der Waals surface area contributed by atoms with E-state index in [2.05, 4.69) is 10.9 Å². The molecule has 3 amide bonds. The van der Waals surface area contributed by atoms with Crippen molar-refractivity contribution in [2.45, 2.75) is 11.3 Å². The second-order valence-corrected chi connectivity index (χ2v) is 6.90. The highest BCUT2D eigenvalue weighted by molar-refractivity contribution is 8.00. The molecule has 2 N–H and O–H groups in total. The fraction of sp³-hybridized carbons (Fsp3) is 0.211. The summed E-state index contributed by atoms with van der Waals surface area (Å²) in [6, 6.07) is 12.4. The predicted molar refractivity (Wildman–Crippen MR) is 102 cm³/mol. The molecule has 27 heavy (non-hydrogen) atoms. The van der Waals surface area contributed by atoms with Gasteiger partial charge in [-0.1, -0.05) is 24.3 Å². The van der Waals surface area contributed by atoms with E-state index < -0.39 is 11.8 Å². The van der Waals surface area contributed by atoms with Crippen molar-refractivity contribution < 1.29 is 18.8 Å². The van der Waals surface area contributed by atoms with Crippen LogP contribution in [-0.2, 0) is 16.0 Å². The fourth-order valence-electron chi connectivity index (χ4n) is 2.07. The van der Waals surface area contributed by atoms with Crippen LogP contribution in [0.25, 0.3) is 0 Å². The van der Waals surface area contributed by atoms with Gasteiger partial charge < -0.3 is 4.90 Å². The Morgan fingerprint density at radius 1 is 1.00 bits per heavy atom. The van der Waals surface area contributed by atoms with E-state index in [1.165, 1.54) is 40.9 Å². The second kappa shape index (κ2) is 9.72. The molecule has 0 bridgehead atoms. The number of hydrazine groups is 1. The van der Waals surface area contributed by atoms with Gasteiger partial charge in [-0.15, -0.1) is 11.8 Å². The van der Waals surface area contributed by atoms with Crippen LogP contribution in [0.4, 0.5) is 4.39 Å². The van der Waals surface area contributed by atoms with Gasteiger partial charge >= 0.3 is 0 Å². The Bertz CT molecular complexity index is 825. The van der Waals surface area contributed by atoms with Gasteiger partial charge in [0.15, 0.2) is 0 Å². The van der Waals surface area contributed by atoms with Gasteiger partial charge in [-0.2, -0.15) is 0 Å². The zero-order valence-corrected chi connectivity index (χ0v) is 15.8. The molecule has 6 nitrogen and oxygen atoms in total. The Morgan fingerprint density at radius 3 is 2.33 bits per heavy atom. The summed E-state index contributed by atoms with van der Waals surface area (Å²) >= 11 is 1.25. The van der Waals surface area contributed by atoms with Crippen LogP contribution in [0.5, 0.6) is 0 Å². The predicted octanol–water partition coefficient (Wildman–Crippen LogP) is 2.01. The molecule has 2 aromatic carbocycles. The number of nitrogens with one attached hydrogen (secondary N) is 2. The first-order chi connectivity index (χ1) is 12.9. The summed E-state index contributed by atoms with van der Waals surface area (Å²) in [5.74, 6) is -1.16. The Labute approximate surface area is 161 Å². The number of nitrogens with zero attached hydrogens (tertiary/aromatic N) is 1. The number of carbonyl (C=O) groups excluding carboxylic acids is 3. The van der Waals surface area contributed by atoms with Crippen molar-refractivity contribution >= 4 is 29.5 Å². The third-order valence-corrected chi connectivity index (χ3v) is 4.63. The van der Waals surface area contributed by atoms with E-state index in [-0.39, 0.29) is 23.9 Å². The number of halogens is 1. The van der Waals surface area contributed by atoms with E-state index in [4.69, 9.17) is 0 Å². The van der Waals surface area contributed by atoms with Crippen LogP contribution >= 0.6 is 11.8 Å². The molecule has 0 spiro atoms. The van der Waals surface area contributed by atoms with Crippen molar-refractivity contribution in [1.29, 1.82) is 0 Å². The molecule has 0 aliphatic rings. The summed E-state index contributed by atoms with van der Waals surface area (Å²) in [5.41, 5.74) is 5.68. The number of benzene rings is 2. The first-order valence-corrected chi connectivity index (χ1v) is 9.11. The maximum Gasteiger partial charge on any atom is 0.270 e. The van der Waals surface area contributed by atoms with E-state index in [0.29, 0.717) is 16.0 Å². The molecule has 0 radical (unpaired) electrons. The average molecular weight is 389 g/mol. The minimum absolute atomic E-state index is 0.00823. The molecule has 2 aromatic rings. The van der Waals surface area contributed by atoms with Crippen molar-refractivity contribution in [2.24, 2.45) is 0 Å². The van der Waals surface area contributed by atoms with Crippen LogP contribution in [0.3, 0.4) is 0 Å². The van der Waals surface area contributed by atoms with Gasteiger partial charge in [0, 0.05) is 19.0 Å². The molecule has 2 rings (SSSR count). The third-order valence-electron chi connectivity index (χ3n) is 3.58. The zero-order valence-electron chi connectivity index (χ0n) is 15.0. The van der Waals surface area contributed by atoms with Crippen LogP contribution < -0.4 is 10.9 Å². The molecular weight excluding hydrogens is 369 g/mol. The van der Waals surface area contributed by atoms with Crippen LogP contribution in [-0.4, -0.2) is 42.5 Å². The number of carbonyl (C=O) groups is 3. The fourth-order valence-corrected chi connectivity index (χ4v) is 3.10. The molecule has 0 saturated carbocycles. The summed E-state index contributed by atoms with van der Waals surface area (Å²) in [6.45, 7) is 0. The summed E-state index contributed by atoms with van der Waals surface area (Å²) in [4.78, 5) is 38.1. The van der Waals surface area contributed by atoms with Gasteiger partial charge in [0.25, 0.3) is 5.91 Å². The smallest absolute Gasteiger partial charge is 0.270 e. The minimum atomic E-state index is -0.483. The molecule has 0 heterocycles. The molecule has 0 fully saturated rings. The van der Waals surface area contributed by atoms with E-state index in [9.17, 15) is 18.8 Å². The lowest BCUT2D eigenvalue weighted by molar-refractivity contribution is -0.126. The van der Waals surface area contributed by atoms with Gasteiger partial charge in [0.1, 0.15) is 5.82 Å². The highest BCUT2D eigenvalue weighted by Crippen LogP contribution is 2.22. The second-order valence-electron chi connectivity index (χ2n) is 5.88. The Morgan fingerprint density at radius 2 is 1.67 bits per heavy atom. The maximum atomic E-state index is 12.9. The molecule has 0 aliphatic heterocycles. The number of rotatable bonds is 6. The van der Waals surface area contributed by atoms with Gasteiger partial charge in [0.2, 0.25) is 11.8 Å². The van der Waals surface area contributed by atoms with Crippen molar-refractivity contribution in [3.8, 4) is 0 Å². The molecular formula is C19H20FN3O3S. The van der Waals surface area contributed by atoms with Crippen LogP contribution in [0, 0.1) is 5.82 Å². The van der Waals surface area contributed by atoms with Gasteiger partial charge in [0.05, 0.1) is 17.7 Å². The van der Waals surface area contributed by atoms with E-state index in [1.54, 1.807) is 38.4 Å². The van der Waals surface area contributed by atoms with Crippen molar-refractivity contribution in [2.75, 3.05) is 19.8 Å². The monoisotopic (exact) mass is 389 g/mol. The lowest BCUT2D eigenvalue weighted by Crippen LogP contribution is -2.42. The lowest BCUT2D eigenvalue weighted by Gasteiger charge is -2.12. The van der Waals surface area contributed by atoms with E-state index >= 15 is 0 Å². The highest BCUT2D eigenvalue weighted by Gasteiger charge is 2.14. The quantitative estimate of drug-likeness (QED) is 0.585. The summed E-state index contributed by atoms with van der Waals surface area (Å²) in [6.07, 6.45) is 0.00823. The SMILES string of the molecule is CN(C)C(=O)CSc1ccccc1C(=O)NNC(=O)Cc1ccc(F)cc1. The first kappa shape index (κ1) is 20.4. The third kappa shape index (κ3) is 6.41. The summed E-state index contributed by atoms with van der Waals surface area (Å²) < 4.78 is 12.9. The van der Waals surface area contributed by atoms with Crippen molar-refractivity contribution in [3.05, 3.63) is 65.5 Å². The number of amides is 3. The molecule has 0 aromatic heterocycles. The van der Waals surface area contributed by atoms with Crippen molar-refractivity contribution in [3.63, 3.8) is 0 Å².